The molecule has 0 unspecified atom stereocenters. The smallest absolute Gasteiger partial charge is 0.255 e. The van der Waals surface area contributed by atoms with Gasteiger partial charge in [0.05, 0.1) is 0 Å². The average Bonchev–Trinajstić information content (AvgIpc) is 2.54. The first-order valence-electron chi connectivity index (χ1n) is 7.11. The standard InChI is InChI=1S/C18H18N2O3/c1-3-11-23-17-6-4-5-14(12-17)18(22)20-16-9-7-15(8-10-16)19-13(2)21/h3-10,12H,1,11H2,2H3,(H,19,21)(H,20,22). The van der Waals surface area contributed by atoms with Crippen LogP contribution in [0.25, 0.3) is 0 Å². The summed E-state index contributed by atoms with van der Waals surface area (Å²) in [6, 6.07) is 13.8. The van der Waals surface area contributed by atoms with Crippen LogP contribution in [-0.4, -0.2) is 18.4 Å². The van der Waals surface area contributed by atoms with Crippen molar-refractivity contribution < 1.29 is 14.3 Å². The number of hydrogen-bond donors (Lipinski definition) is 2. The summed E-state index contributed by atoms with van der Waals surface area (Å²) in [5.41, 5.74) is 1.81. The van der Waals surface area contributed by atoms with Crippen LogP contribution in [0.5, 0.6) is 5.75 Å². The molecule has 118 valence electrons. The molecule has 2 amide bonds. The van der Waals surface area contributed by atoms with Gasteiger partial charge >= 0.3 is 0 Å². The van der Waals surface area contributed by atoms with Gasteiger partial charge in [-0.25, -0.2) is 0 Å². The summed E-state index contributed by atoms with van der Waals surface area (Å²) < 4.78 is 5.41. The van der Waals surface area contributed by atoms with E-state index in [1.165, 1.54) is 6.92 Å². The van der Waals surface area contributed by atoms with Crippen molar-refractivity contribution in [3.63, 3.8) is 0 Å². The van der Waals surface area contributed by atoms with Crippen molar-refractivity contribution in [2.24, 2.45) is 0 Å². The molecule has 0 aliphatic rings. The number of carbonyl (C=O) groups excluding carboxylic acids is 2. The molecule has 0 fully saturated rings. The molecule has 2 aromatic rings. The Morgan fingerprint density at radius 2 is 1.74 bits per heavy atom. The van der Waals surface area contributed by atoms with Gasteiger partial charge in [0, 0.05) is 23.9 Å². The van der Waals surface area contributed by atoms with Gasteiger partial charge in [-0.05, 0) is 42.5 Å². The predicted molar refractivity (Wildman–Crippen MR) is 90.8 cm³/mol. The molecule has 0 aromatic heterocycles. The van der Waals surface area contributed by atoms with Gasteiger partial charge in [0.2, 0.25) is 5.91 Å². The maximum atomic E-state index is 12.2. The Hall–Kier alpha value is -3.08. The zero-order valence-corrected chi connectivity index (χ0v) is 12.8. The first-order chi connectivity index (χ1) is 11.1. The zero-order valence-electron chi connectivity index (χ0n) is 12.8. The number of rotatable bonds is 6. The highest BCUT2D eigenvalue weighted by molar-refractivity contribution is 6.04. The molecule has 2 aromatic carbocycles. The van der Waals surface area contributed by atoms with Gasteiger partial charge in [-0.15, -0.1) is 0 Å². The molecule has 0 atom stereocenters. The second-order valence-corrected chi connectivity index (χ2v) is 4.84. The van der Waals surface area contributed by atoms with Crippen LogP contribution in [0.4, 0.5) is 11.4 Å². The van der Waals surface area contributed by atoms with Gasteiger partial charge < -0.3 is 15.4 Å². The monoisotopic (exact) mass is 310 g/mol. The van der Waals surface area contributed by atoms with Crippen molar-refractivity contribution in [3.05, 3.63) is 66.7 Å². The summed E-state index contributed by atoms with van der Waals surface area (Å²) in [6.45, 7) is 5.41. The Kier molecular flexibility index (Phi) is 5.52. The highest BCUT2D eigenvalue weighted by Gasteiger charge is 2.07. The van der Waals surface area contributed by atoms with Crippen LogP contribution in [0.15, 0.2) is 61.2 Å². The summed E-state index contributed by atoms with van der Waals surface area (Å²) in [5.74, 6) is 0.234. The van der Waals surface area contributed by atoms with Crippen molar-refractivity contribution >= 4 is 23.2 Å². The maximum absolute atomic E-state index is 12.2. The van der Waals surface area contributed by atoms with E-state index in [0.717, 1.165) is 0 Å². The summed E-state index contributed by atoms with van der Waals surface area (Å²) in [4.78, 5) is 23.2. The SMILES string of the molecule is C=CCOc1cccc(C(=O)Nc2ccc(NC(C)=O)cc2)c1. The Morgan fingerprint density at radius 1 is 1.09 bits per heavy atom. The van der Waals surface area contributed by atoms with E-state index in [9.17, 15) is 9.59 Å². The van der Waals surface area contributed by atoms with Gasteiger partial charge in [0.25, 0.3) is 5.91 Å². The van der Waals surface area contributed by atoms with Gasteiger partial charge in [-0.1, -0.05) is 18.7 Å². The van der Waals surface area contributed by atoms with Gasteiger partial charge in [0.1, 0.15) is 12.4 Å². The minimum absolute atomic E-state index is 0.141. The maximum Gasteiger partial charge on any atom is 0.255 e. The molecule has 0 aliphatic heterocycles. The Morgan fingerprint density at radius 3 is 2.35 bits per heavy atom. The average molecular weight is 310 g/mol. The Balaban J connectivity index is 2.03. The van der Waals surface area contributed by atoms with Crippen LogP contribution < -0.4 is 15.4 Å². The lowest BCUT2D eigenvalue weighted by molar-refractivity contribution is -0.114. The Bertz CT molecular complexity index is 708. The van der Waals surface area contributed by atoms with Crippen molar-refractivity contribution in [2.75, 3.05) is 17.2 Å². The lowest BCUT2D eigenvalue weighted by Gasteiger charge is -2.08. The normalized spacial score (nSPS) is 9.78. The van der Waals surface area contributed by atoms with Gasteiger partial charge in [-0.3, -0.25) is 9.59 Å². The molecule has 0 saturated carbocycles. The molecule has 2 N–H and O–H groups in total. The quantitative estimate of drug-likeness (QED) is 0.803. The van der Waals surface area contributed by atoms with Crippen LogP contribution in [0, 0.1) is 0 Å². The Labute approximate surface area is 135 Å². The molecule has 0 heterocycles. The number of ether oxygens (including phenoxy) is 1. The number of hydrogen-bond acceptors (Lipinski definition) is 3. The van der Waals surface area contributed by atoms with Crippen LogP contribution >= 0.6 is 0 Å². The van der Waals surface area contributed by atoms with Crippen LogP contribution in [0.2, 0.25) is 0 Å². The highest BCUT2D eigenvalue weighted by atomic mass is 16.5. The number of anilines is 2. The molecule has 0 bridgehead atoms. The third-order valence-corrected chi connectivity index (χ3v) is 2.93. The van der Waals surface area contributed by atoms with Crippen molar-refractivity contribution in [3.8, 4) is 5.75 Å². The fourth-order valence-corrected chi connectivity index (χ4v) is 1.93. The first kappa shape index (κ1) is 16.3. The second-order valence-electron chi connectivity index (χ2n) is 4.84. The van der Waals surface area contributed by atoms with Crippen LogP contribution in [-0.2, 0) is 4.79 Å². The number of amides is 2. The summed E-state index contributed by atoms with van der Waals surface area (Å²) >= 11 is 0. The second kappa shape index (κ2) is 7.79. The number of nitrogens with one attached hydrogen (secondary N) is 2. The van der Waals surface area contributed by atoms with E-state index < -0.39 is 0 Å². The van der Waals surface area contributed by atoms with Crippen LogP contribution in [0.3, 0.4) is 0 Å². The van der Waals surface area contributed by atoms with Crippen molar-refractivity contribution in [2.45, 2.75) is 6.92 Å². The minimum atomic E-state index is -0.235. The fourth-order valence-electron chi connectivity index (χ4n) is 1.93. The molecule has 5 heteroatoms. The zero-order chi connectivity index (χ0) is 16.7. The van der Waals surface area contributed by atoms with E-state index in [-0.39, 0.29) is 11.8 Å². The van der Waals surface area contributed by atoms with Crippen LogP contribution in [0.1, 0.15) is 17.3 Å². The fraction of sp³-hybridized carbons (Fsp3) is 0.111. The highest BCUT2D eigenvalue weighted by Crippen LogP contribution is 2.17. The molecular weight excluding hydrogens is 292 g/mol. The number of carbonyl (C=O) groups is 2. The molecule has 2 rings (SSSR count). The lowest BCUT2D eigenvalue weighted by Crippen LogP contribution is -2.12. The third kappa shape index (κ3) is 5.00. The summed E-state index contributed by atoms with van der Waals surface area (Å²) in [5, 5.41) is 5.46. The van der Waals surface area contributed by atoms with Gasteiger partial charge in [0.15, 0.2) is 0 Å². The molecule has 0 saturated heterocycles. The molecule has 0 aliphatic carbocycles. The molecule has 23 heavy (non-hydrogen) atoms. The van der Waals surface area contributed by atoms with E-state index in [1.54, 1.807) is 54.6 Å². The summed E-state index contributed by atoms with van der Waals surface area (Å²) in [7, 11) is 0. The van der Waals surface area contributed by atoms with E-state index in [1.807, 2.05) is 0 Å². The van der Waals surface area contributed by atoms with E-state index in [0.29, 0.717) is 29.3 Å². The predicted octanol–water partition coefficient (Wildman–Crippen LogP) is 3.46. The van der Waals surface area contributed by atoms with E-state index in [4.69, 9.17) is 4.74 Å². The summed E-state index contributed by atoms with van der Waals surface area (Å²) in [6.07, 6.45) is 1.64. The van der Waals surface area contributed by atoms with E-state index >= 15 is 0 Å². The van der Waals surface area contributed by atoms with Crippen molar-refractivity contribution in [1.29, 1.82) is 0 Å². The lowest BCUT2D eigenvalue weighted by atomic mass is 10.2. The minimum Gasteiger partial charge on any atom is -0.490 e. The third-order valence-electron chi connectivity index (χ3n) is 2.93. The van der Waals surface area contributed by atoms with E-state index in [2.05, 4.69) is 17.2 Å². The van der Waals surface area contributed by atoms with Crippen molar-refractivity contribution in [1.82, 2.24) is 0 Å². The molecular formula is C18H18N2O3. The topological polar surface area (TPSA) is 67.4 Å². The largest absolute Gasteiger partial charge is 0.490 e. The number of benzene rings is 2. The molecule has 0 spiro atoms. The van der Waals surface area contributed by atoms with Gasteiger partial charge in [-0.2, -0.15) is 0 Å². The molecule has 0 radical (unpaired) electrons. The first-order valence-corrected chi connectivity index (χ1v) is 7.11. The molecule has 5 nitrogen and oxygen atoms in total.